The second kappa shape index (κ2) is 6.27. The first-order valence-corrected chi connectivity index (χ1v) is 6.55. The maximum Gasteiger partial charge on any atom is 0.133 e. The molecule has 2 rings (SSSR count). The Kier molecular flexibility index (Phi) is 4.24. The van der Waals surface area contributed by atoms with Gasteiger partial charge in [-0.1, -0.05) is 12.1 Å². The van der Waals surface area contributed by atoms with E-state index in [1.165, 1.54) is 0 Å². The zero-order valence-electron chi connectivity index (χ0n) is 11.8. The van der Waals surface area contributed by atoms with Crippen LogP contribution >= 0.6 is 0 Å². The minimum Gasteiger partial charge on any atom is -0.493 e. The summed E-state index contributed by atoms with van der Waals surface area (Å²) in [5.74, 6) is 0.545. The third kappa shape index (κ3) is 2.29. The van der Waals surface area contributed by atoms with Gasteiger partial charge in [0, 0.05) is 12.0 Å². The number of ether oxygens (including phenoxy) is 1. The van der Waals surface area contributed by atoms with Gasteiger partial charge in [0.2, 0.25) is 0 Å². The summed E-state index contributed by atoms with van der Waals surface area (Å²) in [6, 6.07) is 12.8. The largest absolute Gasteiger partial charge is 0.493 e. The Hall–Kier alpha value is -3.54. The van der Waals surface area contributed by atoms with Gasteiger partial charge in [0.15, 0.2) is 0 Å². The first-order chi connectivity index (χ1) is 10.7. The molecule has 0 heterocycles. The third-order valence-electron chi connectivity index (χ3n) is 3.36. The Morgan fingerprint density at radius 1 is 1.00 bits per heavy atom. The van der Waals surface area contributed by atoms with Crippen LogP contribution in [0.15, 0.2) is 29.3 Å². The minimum absolute atomic E-state index is 0.0138. The van der Waals surface area contributed by atoms with Crippen molar-refractivity contribution in [3.8, 4) is 30.0 Å². The predicted molar refractivity (Wildman–Crippen MR) is 78.5 cm³/mol. The van der Waals surface area contributed by atoms with Crippen LogP contribution in [0.25, 0.3) is 11.1 Å². The van der Waals surface area contributed by atoms with Gasteiger partial charge in [0.25, 0.3) is 0 Å². The molecule has 0 amide bonds. The average molecular weight is 286 g/mol. The molecule has 0 unspecified atom stereocenters. The van der Waals surface area contributed by atoms with Gasteiger partial charge < -0.3 is 4.74 Å². The SMILES string of the molecule is CCOc1cccc2c1C(=C(C#N)C#N)CC2=C(C#N)C#N. The molecule has 0 aliphatic heterocycles. The predicted octanol–water partition coefficient (Wildman–Crippen LogP) is 3.09. The second-order valence-electron chi connectivity index (χ2n) is 4.44. The summed E-state index contributed by atoms with van der Waals surface area (Å²) in [7, 11) is 0. The smallest absolute Gasteiger partial charge is 0.133 e. The number of nitriles is 4. The zero-order chi connectivity index (χ0) is 16.1. The average Bonchev–Trinajstić information content (AvgIpc) is 2.91. The van der Waals surface area contributed by atoms with Crippen LogP contribution in [0.4, 0.5) is 0 Å². The number of hydrogen-bond donors (Lipinski definition) is 0. The molecule has 1 aliphatic rings. The van der Waals surface area contributed by atoms with E-state index in [9.17, 15) is 0 Å². The second-order valence-corrected chi connectivity index (χ2v) is 4.44. The van der Waals surface area contributed by atoms with Crippen molar-refractivity contribution in [1.82, 2.24) is 0 Å². The maximum atomic E-state index is 9.15. The Morgan fingerprint density at radius 3 is 2.14 bits per heavy atom. The molecule has 1 aromatic carbocycles. The minimum atomic E-state index is -0.0290. The van der Waals surface area contributed by atoms with Crippen LogP contribution in [0.2, 0.25) is 0 Å². The van der Waals surface area contributed by atoms with Crippen LogP contribution in [-0.4, -0.2) is 6.61 Å². The van der Waals surface area contributed by atoms with E-state index in [1.807, 2.05) is 31.2 Å². The molecule has 5 nitrogen and oxygen atoms in total. The fraction of sp³-hybridized carbons (Fsp3) is 0.176. The number of nitrogens with zero attached hydrogens (tertiary/aromatic N) is 4. The maximum absolute atomic E-state index is 9.15. The van der Waals surface area contributed by atoms with E-state index < -0.39 is 0 Å². The third-order valence-corrected chi connectivity index (χ3v) is 3.36. The highest BCUT2D eigenvalue weighted by Gasteiger charge is 2.29. The molecule has 22 heavy (non-hydrogen) atoms. The molecule has 5 heteroatoms. The summed E-state index contributed by atoms with van der Waals surface area (Å²) in [6.07, 6.45) is 0.201. The Balaban J connectivity index is 2.88. The molecule has 0 spiro atoms. The van der Waals surface area contributed by atoms with Crippen LogP contribution in [0, 0.1) is 45.3 Å². The van der Waals surface area contributed by atoms with Crippen LogP contribution < -0.4 is 4.74 Å². The lowest BCUT2D eigenvalue weighted by molar-refractivity contribution is 0.339. The van der Waals surface area contributed by atoms with Gasteiger partial charge in [-0.3, -0.25) is 0 Å². The quantitative estimate of drug-likeness (QED) is 0.777. The summed E-state index contributed by atoms with van der Waals surface area (Å²) in [5, 5.41) is 36.5. The molecule has 1 aromatic rings. The molecule has 0 saturated heterocycles. The van der Waals surface area contributed by atoms with Gasteiger partial charge in [0.1, 0.15) is 41.2 Å². The Bertz CT molecular complexity index is 832. The molecule has 1 aliphatic carbocycles. The van der Waals surface area contributed by atoms with Crippen LogP contribution in [0.5, 0.6) is 5.75 Å². The van der Waals surface area contributed by atoms with Gasteiger partial charge in [-0.25, -0.2) is 0 Å². The summed E-state index contributed by atoms with van der Waals surface area (Å²) in [4.78, 5) is 0. The van der Waals surface area contributed by atoms with Crippen molar-refractivity contribution in [1.29, 1.82) is 21.0 Å². The lowest BCUT2D eigenvalue weighted by Crippen LogP contribution is -1.96. The summed E-state index contributed by atoms with van der Waals surface area (Å²) in [6.45, 7) is 2.26. The number of allylic oxidation sites excluding steroid dienone is 4. The molecule has 0 aromatic heterocycles. The van der Waals surface area contributed by atoms with Crippen LogP contribution in [-0.2, 0) is 0 Å². The lowest BCUT2D eigenvalue weighted by atomic mass is 10.0. The normalized spacial score (nSPS) is 11.5. The van der Waals surface area contributed by atoms with Gasteiger partial charge in [0.05, 0.1) is 6.61 Å². The van der Waals surface area contributed by atoms with E-state index in [-0.39, 0.29) is 17.6 Å². The molecular weight excluding hydrogens is 276 g/mol. The number of hydrogen-bond acceptors (Lipinski definition) is 5. The van der Waals surface area contributed by atoms with Crippen LogP contribution in [0.3, 0.4) is 0 Å². The van der Waals surface area contributed by atoms with E-state index in [4.69, 9.17) is 25.8 Å². The summed E-state index contributed by atoms with van der Waals surface area (Å²) < 4.78 is 5.57. The summed E-state index contributed by atoms with van der Waals surface area (Å²) >= 11 is 0. The van der Waals surface area contributed by atoms with Gasteiger partial charge in [-0.2, -0.15) is 21.0 Å². The first kappa shape index (κ1) is 14.9. The van der Waals surface area contributed by atoms with Crippen molar-refractivity contribution in [3.63, 3.8) is 0 Å². The monoisotopic (exact) mass is 286 g/mol. The van der Waals surface area contributed by atoms with Gasteiger partial charge in [-0.05, 0) is 29.7 Å². The topological polar surface area (TPSA) is 104 Å². The Morgan fingerprint density at radius 2 is 1.59 bits per heavy atom. The van der Waals surface area contributed by atoms with Crippen LogP contribution in [0.1, 0.15) is 24.5 Å². The lowest BCUT2D eigenvalue weighted by Gasteiger charge is -2.10. The van der Waals surface area contributed by atoms with E-state index >= 15 is 0 Å². The molecule has 0 fully saturated rings. The van der Waals surface area contributed by atoms with Crippen molar-refractivity contribution < 1.29 is 4.74 Å². The molecule has 0 saturated carbocycles. The molecule has 0 radical (unpaired) electrons. The van der Waals surface area contributed by atoms with Gasteiger partial charge >= 0.3 is 0 Å². The number of benzene rings is 1. The highest BCUT2D eigenvalue weighted by atomic mass is 16.5. The fourth-order valence-electron chi connectivity index (χ4n) is 2.49. The van der Waals surface area contributed by atoms with Crippen molar-refractivity contribution in [2.75, 3.05) is 6.61 Å². The Labute approximate surface area is 128 Å². The first-order valence-electron chi connectivity index (χ1n) is 6.55. The van der Waals surface area contributed by atoms with Crippen molar-refractivity contribution in [3.05, 3.63) is 40.5 Å². The molecule has 0 bridgehead atoms. The number of fused-ring (bicyclic) bond motifs is 1. The van der Waals surface area contributed by atoms with E-state index in [0.717, 1.165) is 0 Å². The molecule has 0 N–H and O–H groups in total. The summed E-state index contributed by atoms with van der Waals surface area (Å²) in [5.41, 5.74) is 2.28. The molecular formula is C17H10N4O. The highest BCUT2D eigenvalue weighted by molar-refractivity contribution is 6.00. The number of rotatable bonds is 2. The van der Waals surface area contributed by atoms with Gasteiger partial charge in [-0.15, -0.1) is 0 Å². The molecule has 0 atom stereocenters. The standard InChI is InChI=1S/C17H10N4O/c1-2-22-16-5-3-4-13-14(11(7-18)8-19)6-15(17(13)16)12(9-20)10-21/h3-5H,2,6H2,1H3. The van der Waals surface area contributed by atoms with Crippen molar-refractivity contribution in [2.45, 2.75) is 13.3 Å². The molecule has 104 valence electrons. The fourth-order valence-corrected chi connectivity index (χ4v) is 2.49. The van der Waals surface area contributed by atoms with E-state index in [0.29, 0.717) is 34.6 Å². The van der Waals surface area contributed by atoms with E-state index in [1.54, 1.807) is 18.2 Å². The zero-order valence-corrected chi connectivity index (χ0v) is 11.8. The van der Waals surface area contributed by atoms with E-state index in [2.05, 4.69) is 0 Å². The van der Waals surface area contributed by atoms with Crippen molar-refractivity contribution in [2.24, 2.45) is 0 Å². The highest BCUT2D eigenvalue weighted by Crippen LogP contribution is 2.47. The van der Waals surface area contributed by atoms with Crippen molar-refractivity contribution >= 4 is 11.1 Å².